The van der Waals surface area contributed by atoms with Crippen LogP contribution in [0.4, 0.5) is 0 Å². The summed E-state index contributed by atoms with van der Waals surface area (Å²) in [5.74, 6) is 0. The van der Waals surface area contributed by atoms with Crippen LogP contribution in [-0.2, 0) is 0 Å². The van der Waals surface area contributed by atoms with Crippen molar-refractivity contribution >= 4 is 16.4 Å². The van der Waals surface area contributed by atoms with Crippen molar-refractivity contribution < 1.29 is 0 Å². The second kappa shape index (κ2) is 4.24. The largest absolute Gasteiger partial charge is 0.309 e. The quantitative estimate of drug-likeness (QED) is 0.448. The average molecular weight is 257 g/mol. The standard InChI is InChI=1S/C19H15N/c1-14-13-19(15-7-3-2-4-8-15)20-17(14)12-11-16-9-5-6-10-18(16)20/h2-13H,1H3. The Morgan fingerprint density at radius 1 is 0.700 bits per heavy atom. The van der Waals surface area contributed by atoms with Crippen molar-refractivity contribution in [1.29, 1.82) is 0 Å². The Morgan fingerprint density at radius 3 is 2.30 bits per heavy atom. The van der Waals surface area contributed by atoms with Crippen LogP contribution in [-0.4, -0.2) is 4.40 Å². The molecule has 0 amide bonds. The summed E-state index contributed by atoms with van der Waals surface area (Å²) in [6.07, 6.45) is 0. The van der Waals surface area contributed by atoms with Gasteiger partial charge < -0.3 is 4.40 Å². The van der Waals surface area contributed by atoms with E-state index in [-0.39, 0.29) is 0 Å². The molecular formula is C19H15N. The van der Waals surface area contributed by atoms with Gasteiger partial charge in [0.25, 0.3) is 0 Å². The molecule has 0 fully saturated rings. The molecule has 0 atom stereocenters. The van der Waals surface area contributed by atoms with Gasteiger partial charge in [0.15, 0.2) is 0 Å². The van der Waals surface area contributed by atoms with E-state index in [9.17, 15) is 0 Å². The van der Waals surface area contributed by atoms with E-state index in [0.717, 1.165) is 0 Å². The van der Waals surface area contributed by atoms with E-state index in [2.05, 4.69) is 84.1 Å². The molecule has 0 radical (unpaired) electrons. The van der Waals surface area contributed by atoms with Crippen molar-refractivity contribution in [3.8, 4) is 11.3 Å². The molecule has 0 aliphatic carbocycles. The Bertz CT molecular complexity index is 901. The summed E-state index contributed by atoms with van der Waals surface area (Å²) >= 11 is 0. The first-order valence-corrected chi connectivity index (χ1v) is 6.90. The molecule has 96 valence electrons. The Morgan fingerprint density at radius 2 is 1.45 bits per heavy atom. The maximum Gasteiger partial charge on any atom is 0.0537 e. The third kappa shape index (κ3) is 1.56. The van der Waals surface area contributed by atoms with Crippen molar-refractivity contribution in [2.45, 2.75) is 6.92 Å². The van der Waals surface area contributed by atoms with Gasteiger partial charge in [-0.2, -0.15) is 0 Å². The molecular weight excluding hydrogens is 242 g/mol. The maximum absolute atomic E-state index is 2.36. The van der Waals surface area contributed by atoms with E-state index in [1.807, 2.05) is 0 Å². The second-order valence-electron chi connectivity index (χ2n) is 5.19. The van der Waals surface area contributed by atoms with E-state index in [0.29, 0.717) is 0 Å². The lowest BCUT2D eigenvalue weighted by Gasteiger charge is -2.08. The number of rotatable bonds is 1. The van der Waals surface area contributed by atoms with Crippen LogP contribution >= 0.6 is 0 Å². The van der Waals surface area contributed by atoms with Crippen LogP contribution in [0.3, 0.4) is 0 Å². The Kier molecular flexibility index (Phi) is 2.40. The van der Waals surface area contributed by atoms with Gasteiger partial charge in [0, 0.05) is 5.52 Å². The summed E-state index contributed by atoms with van der Waals surface area (Å²) in [5.41, 5.74) is 6.37. The molecule has 20 heavy (non-hydrogen) atoms. The summed E-state index contributed by atoms with van der Waals surface area (Å²) in [6, 6.07) is 25.8. The number of aromatic nitrogens is 1. The number of para-hydroxylation sites is 1. The highest BCUT2D eigenvalue weighted by atomic mass is 14.9. The fraction of sp³-hybridized carbons (Fsp3) is 0.0526. The van der Waals surface area contributed by atoms with Gasteiger partial charge in [-0.05, 0) is 41.6 Å². The van der Waals surface area contributed by atoms with Crippen molar-refractivity contribution in [3.63, 3.8) is 0 Å². The first-order chi connectivity index (χ1) is 9.84. The average Bonchev–Trinajstić information content (AvgIpc) is 2.86. The number of aryl methyl sites for hydroxylation is 1. The third-order valence-electron chi connectivity index (χ3n) is 3.91. The van der Waals surface area contributed by atoms with Crippen LogP contribution in [0, 0.1) is 6.92 Å². The van der Waals surface area contributed by atoms with Gasteiger partial charge in [-0.25, -0.2) is 0 Å². The number of hydrogen-bond acceptors (Lipinski definition) is 0. The number of nitrogens with zero attached hydrogens (tertiary/aromatic N) is 1. The zero-order valence-corrected chi connectivity index (χ0v) is 11.4. The number of fused-ring (bicyclic) bond motifs is 3. The fourth-order valence-electron chi connectivity index (χ4n) is 2.94. The van der Waals surface area contributed by atoms with Crippen LogP contribution in [0.5, 0.6) is 0 Å². The Balaban J connectivity index is 2.19. The molecule has 2 aromatic heterocycles. The summed E-state index contributed by atoms with van der Waals surface area (Å²) in [7, 11) is 0. The third-order valence-corrected chi connectivity index (χ3v) is 3.91. The minimum Gasteiger partial charge on any atom is -0.309 e. The molecule has 1 heteroatoms. The summed E-state index contributed by atoms with van der Waals surface area (Å²) < 4.78 is 2.36. The van der Waals surface area contributed by atoms with Crippen molar-refractivity contribution in [2.75, 3.05) is 0 Å². The summed E-state index contributed by atoms with van der Waals surface area (Å²) in [5, 5.41) is 1.27. The monoisotopic (exact) mass is 257 g/mol. The Labute approximate surface area is 118 Å². The molecule has 0 N–H and O–H groups in total. The van der Waals surface area contributed by atoms with Crippen molar-refractivity contribution in [3.05, 3.63) is 78.4 Å². The van der Waals surface area contributed by atoms with Crippen LogP contribution in [0.25, 0.3) is 27.7 Å². The lowest BCUT2D eigenvalue weighted by Crippen LogP contribution is -1.90. The SMILES string of the molecule is Cc1cc(-c2ccccc2)n2c1ccc1ccccc12. The van der Waals surface area contributed by atoms with Crippen LogP contribution in [0.2, 0.25) is 0 Å². The molecule has 0 bridgehead atoms. The first-order valence-electron chi connectivity index (χ1n) is 6.90. The minimum atomic E-state index is 1.26. The van der Waals surface area contributed by atoms with E-state index < -0.39 is 0 Å². The molecule has 1 nitrogen and oxygen atoms in total. The van der Waals surface area contributed by atoms with E-state index in [4.69, 9.17) is 0 Å². The highest BCUT2D eigenvalue weighted by molar-refractivity contribution is 5.87. The van der Waals surface area contributed by atoms with Gasteiger partial charge in [0.2, 0.25) is 0 Å². The zero-order chi connectivity index (χ0) is 13.5. The lowest BCUT2D eigenvalue weighted by molar-refractivity contribution is 1.27. The van der Waals surface area contributed by atoms with Gasteiger partial charge in [-0.3, -0.25) is 0 Å². The van der Waals surface area contributed by atoms with E-state index in [1.165, 1.54) is 33.2 Å². The molecule has 4 rings (SSSR count). The van der Waals surface area contributed by atoms with Crippen LogP contribution in [0.1, 0.15) is 5.56 Å². The molecule has 2 heterocycles. The highest BCUT2D eigenvalue weighted by Crippen LogP contribution is 2.29. The summed E-state index contributed by atoms with van der Waals surface area (Å²) in [6.45, 7) is 2.18. The zero-order valence-electron chi connectivity index (χ0n) is 11.4. The smallest absolute Gasteiger partial charge is 0.0537 e. The van der Waals surface area contributed by atoms with Crippen molar-refractivity contribution in [2.24, 2.45) is 0 Å². The highest BCUT2D eigenvalue weighted by Gasteiger charge is 2.10. The minimum absolute atomic E-state index is 1.26. The first kappa shape index (κ1) is 11.3. The van der Waals surface area contributed by atoms with Gasteiger partial charge in [-0.1, -0.05) is 54.6 Å². The molecule has 0 unspecified atom stereocenters. The Hall–Kier alpha value is -2.54. The topological polar surface area (TPSA) is 4.41 Å². The van der Waals surface area contributed by atoms with E-state index >= 15 is 0 Å². The van der Waals surface area contributed by atoms with Gasteiger partial charge in [-0.15, -0.1) is 0 Å². The predicted molar refractivity (Wildman–Crippen MR) is 85.1 cm³/mol. The number of benzene rings is 2. The maximum atomic E-state index is 2.36. The summed E-state index contributed by atoms with van der Waals surface area (Å²) in [4.78, 5) is 0. The molecule has 0 spiro atoms. The number of pyridine rings is 1. The normalized spacial score (nSPS) is 11.2. The molecule has 4 aromatic rings. The van der Waals surface area contributed by atoms with Gasteiger partial charge in [0.05, 0.1) is 11.2 Å². The predicted octanol–water partition coefficient (Wildman–Crippen LogP) is 5.07. The lowest BCUT2D eigenvalue weighted by atomic mass is 10.1. The van der Waals surface area contributed by atoms with E-state index in [1.54, 1.807) is 0 Å². The second-order valence-corrected chi connectivity index (χ2v) is 5.19. The molecule has 2 aromatic carbocycles. The fourth-order valence-corrected chi connectivity index (χ4v) is 2.94. The molecule has 0 aliphatic heterocycles. The van der Waals surface area contributed by atoms with Crippen molar-refractivity contribution in [1.82, 2.24) is 4.40 Å². The van der Waals surface area contributed by atoms with Gasteiger partial charge in [0.1, 0.15) is 0 Å². The molecule has 0 aliphatic rings. The van der Waals surface area contributed by atoms with Crippen LogP contribution < -0.4 is 0 Å². The van der Waals surface area contributed by atoms with Gasteiger partial charge >= 0.3 is 0 Å². The molecule has 0 saturated carbocycles. The van der Waals surface area contributed by atoms with Crippen LogP contribution in [0.15, 0.2) is 72.8 Å². The number of hydrogen-bond donors (Lipinski definition) is 0. The molecule has 0 saturated heterocycles.